The smallest absolute Gasteiger partial charge is 0.199 e. The first kappa shape index (κ1) is 8.08. The molecule has 0 unspecified atom stereocenters. The van der Waals surface area contributed by atoms with Crippen molar-refractivity contribution in [2.24, 2.45) is 0 Å². The van der Waals surface area contributed by atoms with Crippen LogP contribution in [-0.2, 0) is 0 Å². The number of hydrogen-bond acceptors (Lipinski definition) is 2. The van der Waals surface area contributed by atoms with Gasteiger partial charge in [0.15, 0.2) is 0 Å². The molecular weight excluding hydrogens is 186 g/mol. The second-order valence-corrected chi connectivity index (χ2v) is 4.66. The van der Waals surface area contributed by atoms with Gasteiger partial charge in [-0.15, -0.1) is 12.6 Å². The van der Waals surface area contributed by atoms with Crippen LogP contribution in [0.4, 0.5) is 0 Å². The van der Waals surface area contributed by atoms with Crippen LogP contribution in [0.25, 0.3) is 10.2 Å². The Morgan fingerprint density at radius 1 is 1.33 bits per heavy atom. The molecule has 1 heterocycles. The van der Waals surface area contributed by atoms with Crippen LogP contribution in [0.1, 0.15) is 10.6 Å². The predicted octanol–water partition coefficient (Wildman–Crippen LogP) is 2.62. The zero-order chi connectivity index (χ0) is 8.72. The van der Waals surface area contributed by atoms with Crippen molar-refractivity contribution in [1.82, 2.24) is 0 Å². The van der Waals surface area contributed by atoms with Crippen molar-refractivity contribution in [2.75, 3.05) is 0 Å². The Morgan fingerprint density at radius 2 is 2.08 bits per heavy atom. The Kier molecular flexibility index (Phi) is 1.85. The molecule has 0 amide bonds. The molecule has 0 fully saturated rings. The third-order valence-electron chi connectivity index (χ3n) is 1.87. The fraction of sp³-hybridized carbons (Fsp3) is 0.222. The number of hydrogen-bond donors (Lipinski definition) is 1. The topological polar surface area (TPSA) is 14.1 Å². The summed E-state index contributed by atoms with van der Waals surface area (Å²) in [4.78, 5) is 4.38. The van der Waals surface area contributed by atoms with Crippen molar-refractivity contribution in [2.45, 2.75) is 18.7 Å². The Balaban J connectivity index is 2.83. The van der Waals surface area contributed by atoms with Gasteiger partial charge < -0.3 is 0 Å². The van der Waals surface area contributed by atoms with Gasteiger partial charge in [-0.25, -0.2) is 0 Å². The van der Waals surface area contributed by atoms with E-state index in [2.05, 4.69) is 43.6 Å². The molecule has 2 rings (SSSR count). The Labute approximate surface area is 80.9 Å². The molecule has 0 aliphatic heterocycles. The van der Waals surface area contributed by atoms with Gasteiger partial charge in [0.25, 0.3) is 0 Å². The number of aryl methyl sites for hydroxylation is 2. The number of thiazole rings is 1. The maximum Gasteiger partial charge on any atom is 0.233 e. The molecule has 0 aliphatic rings. The highest BCUT2D eigenvalue weighted by Crippen LogP contribution is 2.23. The van der Waals surface area contributed by atoms with E-state index < -0.39 is 0 Å². The molecular formula is C9H10NS2+. The molecule has 0 bridgehead atoms. The number of rotatable bonds is 0. The van der Waals surface area contributed by atoms with Crippen molar-refractivity contribution in [1.29, 1.82) is 0 Å². The van der Waals surface area contributed by atoms with Gasteiger partial charge in [-0.2, -0.15) is 4.98 Å². The van der Waals surface area contributed by atoms with E-state index in [1.54, 1.807) is 11.3 Å². The molecule has 2 aromatic rings. The number of benzene rings is 1. The molecule has 0 atom stereocenters. The minimum atomic E-state index is 1.07. The van der Waals surface area contributed by atoms with Gasteiger partial charge in [-0.1, -0.05) is 11.3 Å². The molecule has 3 heteroatoms. The maximum absolute atomic E-state index is 4.38. The van der Waals surface area contributed by atoms with Crippen molar-refractivity contribution >= 4 is 34.2 Å². The molecule has 0 saturated heterocycles. The number of thiol groups is 1. The lowest BCUT2D eigenvalue weighted by Gasteiger charge is -1.93. The second kappa shape index (κ2) is 2.75. The van der Waals surface area contributed by atoms with Crippen LogP contribution in [0.2, 0.25) is 0 Å². The Hall–Kier alpha value is -0.540. The second-order valence-electron chi connectivity index (χ2n) is 2.92. The van der Waals surface area contributed by atoms with Gasteiger partial charge in [0, 0.05) is 17.9 Å². The number of nitrogens with one attached hydrogen (secondary N) is 1. The van der Waals surface area contributed by atoms with Crippen molar-refractivity contribution in [3.8, 4) is 0 Å². The quantitative estimate of drug-likeness (QED) is 0.623. The lowest BCUT2D eigenvalue weighted by atomic mass is 10.2. The molecule has 62 valence electrons. The highest BCUT2D eigenvalue weighted by atomic mass is 32.1. The molecule has 0 radical (unpaired) electrons. The predicted molar refractivity (Wildman–Crippen MR) is 55.1 cm³/mol. The normalized spacial score (nSPS) is 10.9. The summed E-state index contributed by atoms with van der Waals surface area (Å²) in [5.41, 5.74) is 2.44. The Bertz CT molecular complexity index is 392. The van der Waals surface area contributed by atoms with E-state index in [0.29, 0.717) is 0 Å². The van der Waals surface area contributed by atoms with Gasteiger partial charge in [-0.05, 0) is 18.6 Å². The van der Waals surface area contributed by atoms with Crippen molar-refractivity contribution in [3.63, 3.8) is 0 Å². The third kappa shape index (κ3) is 1.23. The van der Waals surface area contributed by atoms with Gasteiger partial charge in [0.2, 0.25) is 10.5 Å². The van der Waals surface area contributed by atoms with Crippen LogP contribution in [0.3, 0.4) is 0 Å². The van der Waals surface area contributed by atoms with E-state index >= 15 is 0 Å². The minimum Gasteiger partial charge on any atom is -0.199 e. The summed E-state index contributed by atoms with van der Waals surface area (Å²) >= 11 is 6.15. The Morgan fingerprint density at radius 3 is 2.83 bits per heavy atom. The first-order chi connectivity index (χ1) is 5.66. The molecule has 0 spiro atoms. The SMILES string of the molecule is Cc1[nH+]c2cc(C)c(S)cc2s1. The third-order valence-corrected chi connectivity index (χ3v) is 3.32. The monoisotopic (exact) mass is 196 g/mol. The largest absolute Gasteiger partial charge is 0.233 e. The van der Waals surface area contributed by atoms with Crippen molar-refractivity contribution in [3.05, 3.63) is 22.7 Å². The highest BCUT2D eigenvalue weighted by Gasteiger charge is 2.08. The first-order valence-corrected chi connectivity index (χ1v) is 5.05. The van der Waals surface area contributed by atoms with Crippen LogP contribution in [-0.4, -0.2) is 0 Å². The summed E-state index contributed by atoms with van der Waals surface area (Å²) in [7, 11) is 0. The van der Waals surface area contributed by atoms with Gasteiger partial charge in [0.1, 0.15) is 4.70 Å². The average molecular weight is 196 g/mol. The number of H-pyrrole nitrogens is 1. The van der Waals surface area contributed by atoms with Gasteiger partial charge in [-0.3, -0.25) is 0 Å². The van der Waals surface area contributed by atoms with Crippen LogP contribution < -0.4 is 4.98 Å². The molecule has 1 aromatic carbocycles. The number of aromatic nitrogens is 1. The lowest BCUT2D eigenvalue weighted by molar-refractivity contribution is -0.347. The van der Waals surface area contributed by atoms with E-state index in [1.807, 2.05) is 0 Å². The average Bonchev–Trinajstić information content (AvgIpc) is 2.30. The van der Waals surface area contributed by atoms with Crippen LogP contribution in [0.5, 0.6) is 0 Å². The first-order valence-electron chi connectivity index (χ1n) is 3.79. The van der Waals surface area contributed by atoms with Gasteiger partial charge >= 0.3 is 0 Å². The minimum absolute atomic E-state index is 1.07. The lowest BCUT2D eigenvalue weighted by Crippen LogP contribution is -2.00. The van der Waals surface area contributed by atoms with Crippen molar-refractivity contribution < 1.29 is 4.98 Å². The van der Waals surface area contributed by atoms with E-state index in [0.717, 1.165) is 4.90 Å². The van der Waals surface area contributed by atoms with Crippen LogP contribution in [0, 0.1) is 13.8 Å². The molecule has 1 aromatic heterocycles. The zero-order valence-corrected chi connectivity index (χ0v) is 8.72. The molecule has 12 heavy (non-hydrogen) atoms. The number of fused-ring (bicyclic) bond motifs is 1. The van der Waals surface area contributed by atoms with E-state index in [9.17, 15) is 0 Å². The highest BCUT2D eigenvalue weighted by molar-refractivity contribution is 7.80. The molecule has 1 N–H and O–H groups in total. The summed E-state index contributed by atoms with van der Waals surface area (Å²) in [6.45, 7) is 4.15. The van der Waals surface area contributed by atoms with Crippen LogP contribution >= 0.6 is 24.0 Å². The van der Waals surface area contributed by atoms with E-state index in [4.69, 9.17) is 0 Å². The summed E-state index contributed by atoms with van der Waals surface area (Å²) in [6.07, 6.45) is 0. The summed E-state index contributed by atoms with van der Waals surface area (Å²) in [5, 5.41) is 1.24. The number of aromatic amines is 1. The van der Waals surface area contributed by atoms with E-state index in [1.165, 1.54) is 20.8 Å². The van der Waals surface area contributed by atoms with Gasteiger partial charge in [0.05, 0.1) is 0 Å². The standard InChI is InChI=1S/C9H9NS2/c1-5-3-7-9(4-8(5)11)12-6(2)10-7/h3-4,11H,1-2H3/p+1. The maximum atomic E-state index is 4.38. The summed E-state index contributed by atoms with van der Waals surface area (Å²) in [6, 6.07) is 4.25. The van der Waals surface area contributed by atoms with E-state index in [-0.39, 0.29) is 0 Å². The van der Waals surface area contributed by atoms with Crippen LogP contribution in [0.15, 0.2) is 17.0 Å². The fourth-order valence-electron chi connectivity index (χ4n) is 1.24. The zero-order valence-electron chi connectivity index (χ0n) is 7.01. The summed E-state index contributed by atoms with van der Waals surface area (Å²) in [5.74, 6) is 0. The molecule has 1 nitrogen and oxygen atoms in total. The fourth-order valence-corrected chi connectivity index (χ4v) is 2.41. The molecule has 0 aliphatic carbocycles. The molecule has 0 saturated carbocycles. The summed E-state index contributed by atoms with van der Waals surface area (Å²) < 4.78 is 1.28.